The van der Waals surface area contributed by atoms with Crippen LogP contribution in [0, 0.1) is 13.8 Å². The van der Waals surface area contributed by atoms with Gasteiger partial charge in [0, 0.05) is 6.07 Å². The van der Waals surface area contributed by atoms with Gasteiger partial charge in [-0.2, -0.15) is 0 Å². The highest BCUT2D eigenvalue weighted by atomic mass is 35.5. The molecule has 108 valence electrons. The lowest BCUT2D eigenvalue weighted by Crippen LogP contribution is -2.02. The maximum absolute atomic E-state index is 6.10. The molecule has 0 N–H and O–H groups in total. The van der Waals surface area contributed by atoms with E-state index in [1.165, 1.54) is 11.1 Å². The predicted molar refractivity (Wildman–Crippen MR) is 86.7 cm³/mol. The average Bonchev–Trinajstić information content (AvgIpc) is 2.87. The molecule has 0 aliphatic rings. The Morgan fingerprint density at radius 3 is 2.71 bits per heavy atom. The molecule has 21 heavy (non-hydrogen) atoms. The van der Waals surface area contributed by atoms with Crippen LogP contribution in [-0.2, 0) is 5.88 Å². The summed E-state index contributed by atoms with van der Waals surface area (Å²) in [4.78, 5) is 4.63. The second kappa shape index (κ2) is 5.41. The molecule has 3 aromatic rings. The van der Waals surface area contributed by atoms with Gasteiger partial charge in [-0.15, -0.1) is 11.6 Å². The maximum Gasteiger partial charge on any atom is 0.129 e. The third-order valence-corrected chi connectivity index (χ3v) is 4.11. The molecule has 0 saturated carbocycles. The van der Waals surface area contributed by atoms with Crippen LogP contribution in [0.25, 0.3) is 16.7 Å². The van der Waals surface area contributed by atoms with Crippen molar-refractivity contribution in [1.29, 1.82) is 0 Å². The number of ether oxygens (including phenoxy) is 1. The van der Waals surface area contributed by atoms with E-state index in [4.69, 9.17) is 16.3 Å². The minimum absolute atomic E-state index is 0.365. The molecule has 0 amide bonds. The highest BCUT2D eigenvalue weighted by Gasteiger charge is 2.14. The fraction of sp³-hybridized carbons (Fsp3) is 0.235. The normalized spacial score (nSPS) is 11.0. The highest BCUT2D eigenvalue weighted by molar-refractivity contribution is 6.17. The van der Waals surface area contributed by atoms with Crippen LogP contribution in [0.2, 0.25) is 0 Å². The van der Waals surface area contributed by atoms with Crippen LogP contribution >= 0.6 is 11.6 Å². The van der Waals surface area contributed by atoms with Crippen LogP contribution in [0.15, 0.2) is 36.4 Å². The first-order chi connectivity index (χ1) is 10.2. The van der Waals surface area contributed by atoms with Crippen molar-refractivity contribution in [2.75, 3.05) is 7.11 Å². The van der Waals surface area contributed by atoms with Crippen molar-refractivity contribution in [3.05, 3.63) is 53.3 Å². The molecule has 4 heteroatoms. The smallest absolute Gasteiger partial charge is 0.129 e. The number of hydrogen-bond donors (Lipinski definition) is 0. The highest BCUT2D eigenvalue weighted by Crippen LogP contribution is 2.28. The molecule has 0 bridgehead atoms. The molecule has 0 aliphatic carbocycles. The van der Waals surface area contributed by atoms with E-state index >= 15 is 0 Å². The lowest BCUT2D eigenvalue weighted by atomic mass is 10.1. The first kappa shape index (κ1) is 14.0. The summed E-state index contributed by atoms with van der Waals surface area (Å²) in [7, 11) is 1.67. The van der Waals surface area contributed by atoms with Crippen LogP contribution in [0.5, 0.6) is 5.75 Å². The molecule has 0 fully saturated rings. The molecule has 0 atom stereocenters. The van der Waals surface area contributed by atoms with Crippen LogP contribution in [-0.4, -0.2) is 16.7 Å². The van der Waals surface area contributed by atoms with E-state index in [0.717, 1.165) is 28.3 Å². The third-order valence-electron chi connectivity index (χ3n) is 3.87. The summed E-state index contributed by atoms with van der Waals surface area (Å²) < 4.78 is 7.45. The van der Waals surface area contributed by atoms with Gasteiger partial charge in [0.1, 0.15) is 11.6 Å². The van der Waals surface area contributed by atoms with Gasteiger partial charge in [-0.05, 0) is 43.2 Å². The van der Waals surface area contributed by atoms with Gasteiger partial charge in [-0.25, -0.2) is 4.98 Å². The van der Waals surface area contributed by atoms with Crippen LogP contribution in [0.3, 0.4) is 0 Å². The summed E-state index contributed by atoms with van der Waals surface area (Å²) in [5, 5.41) is 0. The zero-order valence-corrected chi connectivity index (χ0v) is 13.1. The number of rotatable bonds is 3. The first-order valence-corrected chi connectivity index (χ1v) is 7.37. The van der Waals surface area contributed by atoms with Crippen molar-refractivity contribution in [2.45, 2.75) is 19.7 Å². The second-order valence-corrected chi connectivity index (χ2v) is 5.34. The van der Waals surface area contributed by atoms with E-state index in [9.17, 15) is 0 Å². The summed E-state index contributed by atoms with van der Waals surface area (Å²) in [5.74, 6) is 2.02. The lowest BCUT2D eigenvalue weighted by molar-refractivity contribution is 0.415. The van der Waals surface area contributed by atoms with Crippen LogP contribution in [0.1, 0.15) is 17.0 Å². The lowest BCUT2D eigenvalue weighted by Gasteiger charge is -2.13. The Hall–Kier alpha value is -2.00. The number of benzene rings is 2. The average molecular weight is 301 g/mol. The van der Waals surface area contributed by atoms with Gasteiger partial charge in [0.2, 0.25) is 0 Å². The molecule has 3 rings (SSSR count). The van der Waals surface area contributed by atoms with Gasteiger partial charge in [0.25, 0.3) is 0 Å². The molecular weight excluding hydrogens is 284 g/mol. The Morgan fingerprint density at radius 1 is 1.19 bits per heavy atom. The Morgan fingerprint density at radius 2 is 2.00 bits per heavy atom. The number of fused-ring (bicyclic) bond motifs is 1. The summed E-state index contributed by atoms with van der Waals surface area (Å²) in [6.45, 7) is 4.23. The fourth-order valence-corrected chi connectivity index (χ4v) is 2.75. The Bertz CT molecular complexity index is 808. The molecule has 2 aromatic carbocycles. The third kappa shape index (κ3) is 2.28. The van der Waals surface area contributed by atoms with Gasteiger partial charge in [-0.3, -0.25) is 4.57 Å². The molecule has 3 nitrogen and oxygen atoms in total. The maximum atomic E-state index is 6.10. The molecule has 0 radical (unpaired) electrons. The number of aromatic nitrogens is 2. The van der Waals surface area contributed by atoms with E-state index in [-0.39, 0.29) is 0 Å². The van der Waals surface area contributed by atoms with Crippen molar-refractivity contribution in [3.8, 4) is 11.4 Å². The standard InChI is InChI=1S/C17H17ClN2O/c1-11-5-4-6-15(12(11)2)20-16-9-13(21-3)7-8-14(16)19-17(20)10-18/h4-9H,10H2,1-3H3. The molecule has 0 unspecified atom stereocenters. The monoisotopic (exact) mass is 300 g/mol. The Labute approximate surface area is 129 Å². The number of hydrogen-bond acceptors (Lipinski definition) is 2. The summed E-state index contributed by atoms with van der Waals surface area (Å²) >= 11 is 6.10. The first-order valence-electron chi connectivity index (χ1n) is 6.83. The van der Waals surface area contributed by atoms with E-state index in [2.05, 4.69) is 41.6 Å². The Kier molecular flexibility index (Phi) is 3.60. The fourth-order valence-electron chi connectivity index (χ4n) is 2.57. The molecular formula is C17H17ClN2O. The Balaban J connectivity index is 2.36. The van der Waals surface area contributed by atoms with Crippen molar-refractivity contribution in [2.24, 2.45) is 0 Å². The van der Waals surface area contributed by atoms with Crippen molar-refractivity contribution < 1.29 is 4.74 Å². The van der Waals surface area contributed by atoms with E-state index in [0.29, 0.717) is 5.88 Å². The van der Waals surface area contributed by atoms with Crippen LogP contribution < -0.4 is 4.74 Å². The number of methoxy groups -OCH3 is 1. The number of aryl methyl sites for hydroxylation is 1. The van der Waals surface area contributed by atoms with Gasteiger partial charge < -0.3 is 4.74 Å². The molecule has 0 saturated heterocycles. The molecule has 1 aromatic heterocycles. The van der Waals surface area contributed by atoms with Crippen molar-refractivity contribution in [1.82, 2.24) is 9.55 Å². The topological polar surface area (TPSA) is 27.1 Å². The predicted octanol–water partition coefficient (Wildman–Crippen LogP) is 4.39. The van der Waals surface area contributed by atoms with Gasteiger partial charge in [-0.1, -0.05) is 12.1 Å². The number of imidazole rings is 1. The van der Waals surface area contributed by atoms with Crippen molar-refractivity contribution >= 4 is 22.6 Å². The number of nitrogens with zero attached hydrogens (tertiary/aromatic N) is 2. The van der Waals surface area contributed by atoms with Gasteiger partial charge in [0.15, 0.2) is 0 Å². The summed E-state index contributed by atoms with van der Waals surface area (Å²) in [5.41, 5.74) is 5.52. The number of halogens is 1. The number of alkyl halides is 1. The SMILES string of the molecule is COc1ccc2nc(CCl)n(-c3cccc(C)c3C)c2c1. The second-order valence-electron chi connectivity index (χ2n) is 5.07. The minimum Gasteiger partial charge on any atom is -0.497 e. The zero-order valence-electron chi connectivity index (χ0n) is 12.4. The van der Waals surface area contributed by atoms with Crippen molar-refractivity contribution in [3.63, 3.8) is 0 Å². The van der Waals surface area contributed by atoms with Gasteiger partial charge in [0.05, 0.1) is 29.7 Å². The summed E-state index contributed by atoms with van der Waals surface area (Å²) in [6, 6.07) is 12.1. The largest absolute Gasteiger partial charge is 0.497 e. The van der Waals surface area contributed by atoms with E-state index in [1.54, 1.807) is 7.11 Å². The van der Waals surface area contributed by atoms with Gasteiger partial charge >= 0.3 is 0 Å². The molecule has 0 aliphatic heterocycles. The van der Waals surface area contributed by atoms with Crippen LogP contribution in [0.4, 0.5) is 0 Å². The molecule has 0 spiro atoms. The van der Waals surface area contributed by atoms with E-state index < -0.39 is 0 Å². The minimum atomic E-state index is 0.365. The molecule has 1 heterocycles. The zero-order chi connectivity index (χ0) is 15.0. The summed E-state index contributed by atoms with van der Waals surface area (Å²) in [6.07, 6.45) is 0. The quantitative estimate of drug-likeness (QED) is 0.671. The van der Waals surface area contributed by atoms with E-state index in [1.807, 2.05) is 18.2 Å².